The molecule has 1 fully saturated rings. The number of nitrogens with zero attached hydrogens (tertiary/aromatic N) is 1. The lowest BCUT2D eigenvalue weighted by atomic mass is 9.97. The van der Waals surface area contributed by atoms with Crippen LogP contribution in [0.5, 0.6) is 0 Å². The maximum absolute atomic E-state index is 11.8. The summed E-state index contributed by atoms with van der Waals surface area (Å²) in [6.45, 7) is 4.30. The first kappa shape index (κ1) is 15.2. The van der Waals surface area contributed by atoms with Crippen LogP contribution in [0.1, 0.15) is 54.8 Å². The first-order valence-corrected chi connectivity index (χ1v) is 9.00. The van der Waals surface area contributed by atoms with Crippen molar-refractivity contribution < 1.29 is 8.42 Å². The molecule has 4 nitrogen and oxygen atoms in total. The fourth-order valence-electron chi connectivity index (χ4n) is 3.11. The van der Waals surface area contributed by atoms with Crippen molar-refractivity contribution in [3.63, 3.8) is 0 Å². The molecule has 22 heavy (non-hydrogen) atoms. The number of benzene rings is 1. The summed E-state index contributed by atoms with van der Waals surface area (Å²) in [5, 5.41) is 5.34. The predicted molar refractivity (Wildman–Crippen MR) is 86.2 cm³/mol. The molecule has 0 bridgehead atoms. The minimum Gasteiger partial charge on any atom is -0.261 e. The molecule has 0 saturated heterocycles. The van der Waals surface area contributed by atoms with E-state index in [4.69, 9.17) is 5.14 Å². The van der Waals surface area contributed by atoms with Crippen LogP contribution in [0.25, 0.3) is 0 Å². The molecule has 2 atom stereocenters. The highest BCUT2D eigenvalue weighted by Gasteiger charge is 2.43. The molecule has 5 heteroatoms. The van der Waals surface area contributed by atoms with Gasteiger partial charge < -0.3 is 0 Å². The summed E-state index contributed by atoms with van der Waals surface area (Å²) in [5.41, 5.74) is 3.14. The van der Waals surface area contributed by atoms with Crippen molar-refractivity contribution in [1.82, 2.24) is 4.98 Å². The third kappa shape index (κ3) is 2.78. The molecule has 1 heterocycles. The minimum atomic E-state index is -3.69. The van der Waals surface area contributed by atoms with E-state index in [1.165, 1.54) is 5.56 Å². The van der Waals surface area contributed by atoms with E-state index < -0.39 is 10.0 Å². The molecule has 1 aromatic carbocycles. The van der Waals surface area contributed by atoms with Crippen LogP contribution in [0, 0.1) is 0 Å². The molecule has 0 aliphatic heterocycles. The summed E-state index contributed by atoms with van der Waals surface area (Å²) >= 11 is 0. The van der Waals surface area contributed by atoms with Crippen molar-refractivity contribution in [3.05, 3.63) is 59.4 Å². The Balaban J connectivity index is 1.97. The maximum atomic E-state index is 11.8. The number of nitrogens with two attached hydrogens (primary N) is 1. The van der Waals surface area contributed by atoms with Crippen molar-refractivity contribution in [3.8, 4) is 0 Å². The number of pyridine rings is 1. The maximum Gasteiger partial charge on any atom is 0.238 e. The quantitative estimate of drug-likeness (QED) is 0.942. The lowest BCUT2D eigenvalue weighted by molar-refractivity contribution is 0.596. The van der Waals surface area contributed by atoms with Crippen molar-refractivity contribution >= 4 is 10.0 Å². The topological polar surface area (TPSA) is 73.0 Å². The molecular weight excluding hydrogens is 296 g/mol. The molecule has 2 aromatic rings. The van der Waals surface area contributed by atoms with Gasteiger partial charge in [-0.2, -0.15) is 0 Å². The van der Waals surface area contributed by atoms with E-state index in [0.29, 0.717) is 5.92 Å². The summed E-state index contributed by atoms with van der Waals surface area (Å²) in [6, 6.07) is 11.1. The second kappa shape index (κ2) is 5.48. The van der Waals surface area contributed by atoms with Gasteiger partial charge in [0.2, 0.25) is 10.0 Å². The molecular formula is C17H20N2O2S. The SMILES string of the molecule is CC(C)c1cccnc1C1CC1c1ccccc1S(N)(=O)=O. The van der Waals surface area contributed by atoms with Crippen LogP contribution >= 0.6 is 0 Å². The van der Waals surface area contributed by atoms with Crippen molar-refractivity contribution in [2.75, 3.05) is 0 Å². The zero-order chi connectivity index (χ0) is 15.9. The molecule has 1 aromatic heterocycles. The number of hydrogen-bond acceptors (Lipinski definition) is 3. The number of primary sulfonamides is 1. The van der Waals surface area contributed by atoms with Gasteiger partial charge in [-0.15, -0.1) is 0 Å². The van der Waals surface area contributed by atoms with Crippen LogP contribution in [0.2, 0.25) is 0 Å². The summed E-state index contributed by atoms with van der Waals surface area (Å²) in [6.07, 6.45) is 2.73. The van der Waals surface area contributed by atoms with Gasteiger partial charge in [-0.3, -0.25) is 4.98 Å². The zero-order valence-electron chi connectivity index (χ0n) is 12.7. The normalized spacial score (nSPS) is 21.1. The molecule has 3 rings (SSSR count). The highest BCUT2D eigenvalue weighted by Crippen LogP contribution is 2.56. The van der Waals surface area contributed by atoms with E-state index in [-0.39, 0.29) is 16.7 Å². The van der Waals surface area contributed by atoms with E-state index in [9.17, 15) is 8.42 Å². The average Bonchev–Trinajstić information content (AvgIpc) is 3.26. The van der Waals surface area contributed by atoms with E-state index in [1.807, 2.05) is 24.4 Å². The third-order valence-electron chi connectivity index (χ3n) is 4.26. The first-order chi connectivity index (χ1) is 10.4. The Morgan fingerprint density at radius 3 is 2.55 bits per heavy atom. The van der Waals surface area contributed by atoms with Gasteiger partial charge in [-0.25, -0.2) is 13.6 Å². The number of sulfonamides is 1. The summed E-state index contributed by atoms with van der Waals surface area (Å²) in [4.78, 5) is 4.79. The Morgan fingerprint density at radius 1 is 1.14 bits per heavy atom. The molecule has 1 saturated carbocycles. The summed E-state index contributed by atoms with van der Waals surface area (Å²) in [5.74, 6) is 0.863. The second-order valence-electron chi connectivity index (χ2n) is 6.16. The third-order valence-corrected chi connectivity index (χ3v) is 5.24. The van der Waals surface area contributed by atoms with Gasteiger partial charge in [0.15, 0.2) is 0 Å². The van der Waals surface area contributed by atoms with Crippen LogP contribution in [-0.4, -0.2) is 13.4 Å². The highest BCUT2D eigenvalue weighted by atomic mass is 32.2. The van der Waals surface area contributed by atoms with Gasteiger partial charge in [-0.1, -0.05) is 38.1 Å². The van der Waals surface area contributed by atoms with E-state index in [2.05, 4.69) is 24.9 Å². The highest BCUT2D eigenvalue weighted by molar-refractivity contribution is 7.89. The van der Waals surface area contributed by atoms with Gasteiger partial charge in [0, 0.05) is 17.8 Å². The van der Waals surface area contributed by atoms with Gasteiger partial charge >= 0.3 is 0 Å². The smallest absolute Gasteiger partial charge is 0.238 e. The molecule has 116 valence electrons. The largest absolute Gasteiger partial charge is 0.261 e. The molecule has 1 aliphatic rings. The minimum absolute atomic E-state index is 0.182. The molecule has 0 spiro atoms. The second-order valence-corrected chi connectivity index (χ2v) is 7.69. The lowest BCUT2D eigenvalue weighted by Crippen LogP contribution is -2.14. The van der Waals surface area contributed by atoms with Gasteiger partial charge in [0.1, 0.15) is 0 Å². The van der Waals surface area contributed by atoms with Gasteiger partial charge in [0.25, 0.3) is 0 Å². The first-order valence-electron chi connectivity index (χ1n) is 7.46. The fraction of sp³-hybridized carbons (Fsp3) is 0.353. The summed E-state index contributed by atoms with van der Waals surface area (Å²) < 4.78 is 23.5. The summed E-state index contributed by atoms with van der Waals surface area (Å²) in [7, 11) is -3.69. The molecule has 2 unspecified atom stereocenters. The van der Waals surface area contributed by atoms with Crippen LogP contribution in [0.15, 0.2) is 47.5 Å². The monoisotopic (exact) mass is 316 g/mol. The predicted octanol–water partition coefficient (Wildman–Crippen LogP) is 3.12. The van der Waals surface area contributed by atoms with Gasteiger partial charge in [-0.05, 0) is 41.5 Å². The van der Waals surface area contributed by atoms with Crippen LogP contribution in [0.4, 0.5) is 0 Å². The number of hydrogen-bond donors (Lipinski definition) is 1. The molecule has 2 N–H and O–H groups in total. The van der Waals surface area contributed by atoms with Crippen LogP contribution in [-0.2, 0) is 10.0 Å². The van der Waals surface area contributed by atoms with E-state index in [1.54, 1.807) is 12.1 Å². The molecule has 0 amide bonds. The van der Waals surface area contributed by atoms with E-state index in [0.717, 1.165) is 17.7 Å². The van der Waals surface area contributed by atoms with Gasteiger partial charge in [0.05, 0.1) is 4.90 Å². The van der Waals surface area contributed by atoms with Crippen molar-refractivity contribution in [2.45, 2.75) is 42.9 Å². The Labute approximate surface area is 131 Å². The molecule has 0 radical (unpaired) electrons. The number of aromatic nitrogens is 1. The average molecular weight is 316 g/mol. The van der Waals surface area contributed by atoms with Crippen molar-refractivity contribution in [1.29, 1.82) is 0 Å². The Hall–Kier alpha value is -1.72. The zero-order valence-corrected chi connectivity index (χ0v) is 13.5. The Kier molecular flexibility index (Phi) is 3.78. The Bertz CT molecular complexity index is 800. The van der Waals surface area contributed by atoms with Crippen LogP contribution < -0.4 is 5.14 Å². The molecule has 1 aliphatic carbocycles. The Morgan fingerprint density at radius 2 is 1.86 bits per heavy atom. The van der Waals surface area contributed by atoms with Crippen molar-refractivity contribution in [2.24, 2.45) is 5.14 Å². The number of rotatable bonds is 4. The standard InChI is InChI=1S/C17H20N2O2S/c1-11(2)12-7-5-9-19-17(12)15-10-14(15)13-6-3-4-8-16(13)22(18,20)21/h3-9,11,14-15H,10H2,1-2H3,(H2,18,20,21). The lowest BCUT2D eigenvalue weighted by Gasteiger charge is -2.12. The van der Waals surface area contributed by atoms with Crippen LogP contribution in [0.3, 0.4) is 0 Å². The van der Waals surface area contributed by atoms with E-state index >= 15 is 0 Å². The fourth-order valence-corrected chi connectivity index (χ4v) is 3.93.